The number of allylic oxidation sites excluding steroid dienone is 1. The Hall–Kier alpha value is -14.2. The molecule has 0 aromatic heterocycles. The first-order valence-electron chi connectivity index (χ1n) is 50.9. The number of para-hydroxylation sites is 13. The second-order valence-corrected chi connectivity index (χ2v) is 40.5. The van der Waals surface area contributed by atoms with Gasteiger partial charge in [0.15, 0.2) is 29.7 Å². The van der Waals surface area contributed by atoms with Crippen LogP contribution in [-0.4, -0.2) is 70.4 Å². The predicted octanol–water partition coefficient (Wildman–Crippen LogP) is 29.2. The second kappa shape index (κ2) is 59.0. The number of nitrogens with one attached hydrogen (secondary N) is 10. The van der Waals surface area contributed by atoms with Gasteiger partial charge in [0.05, 0.1) is 37.1 Å². The van der Waals surface area contributed by atoms with Crippen molar-refractivity contribution in [2.24, 2.45) is 0 Å². The zero-order valence-corrected chi connectivity index (χ0v) is 87.6. The highest BCUT2D eigenvalue weighted by atomic mass is 32.2. The van der Waals surface area contributed by atoms with Gasteiger partial charge in [-0.15, -0.1) is 35.3 Å². The Bertz CT molecular complexity index is 5390. The van der Waals surface area contributed by atoms with Gasteiger partial charge in [-0.05, 0) is 242 Å². The Morgan fingerprint density at radius 2 is 0.709 bits per heavy atom. The topological polar surface area (TPSA) is 185 Å². The van der Waals surface area contributed by atoms with Crippen LogP contribution in [0.25, 0.3) is 12.2 Å². The molecule has 22 heteroatoms. The second-order valence-electron chi connectivity index (χ2n) is 35.4. The minimum atomic E-state index is 0.360. The summed E-state index contributed by atoms with van der Waals surface area (Å²) in [6.07, 6.45) is 15.7. The van der Waals surface area contributed by atoms with Crippen molar-refractivity contribution in [3.8, 4) is 34.5 Å². The molecule has 756 valence electrons. The standard InChI is InChI=1S/C10H10.C9H9N.C8H9NS.3C8H9N.C8H8O2.2C8H8O.2C8H8S.C7H8N2.C7H7NO.2C7H7NS.C7H6O2/c1-2-6-10-8-4-3-7-9(10)5-1;1-2-4-9-7-10-6-5-8(9)3-1;1-2-4-8-7(3-1)9-5-6-10-8;1-2-4-8-6-9-5-7(8)3-1;2*1-2-4-8-7(3-1)5-6-9-8;1-2-4-8-7(3-1)9-5-6-10-8;1-2-4-8-6-9-5-7(8)3-1;1-2-4-8-7(3-1)5-6-9-8;1-2-4-8-6-9-5-7(8)3-1;1-2-4-8-7(3-1)5-6-9-8;1-2-4-7-6(3-1)5-8-9-7;2*1-2-4-7-6(3-1)8-5-9-7;1-2-4-7-6(3-1)5-9-8-7;1-2-4-7-6(3-1)8-5-9-7/h1-3,5-7H,4,8H2;1-6,10H,7H2;1-4,9H,5-6H2;3*1-4,9H,5-6H2;1-4H,5-6H2;4*1-4H,5-6H2;1-4,8-9H,5H2;3*1-4,8H,5H2;1-4H,5H2. The van der Waals surface area contributed by atoms with Gasteiger partial charge in [0.1, 0.15) is 24.7 Å². The number of thioether (sulfide) groups is 4. The lowest BCUT2D eigenvalue weighted by Gasteiger charge is -2.17. The van der Waals surface area contributed by atoms with Crippen molar-refractivity contribution >= 4 is 111 Å². The molecule has 16 aromatic carbocycles. The predicted molar refractivity (Wildman–Crippen MR) is 624 cm³/mol. The molecule has 0 radical (unpaired) electrons. The molecule has 0 fully saturated rings. The summed E-state index contributed by atoms with van der Waals surface area (Å²) in [6.45, 7) is 12.1. The van der Waals surface area contributed by atoms with E-state index < -0.39 is 0 Å². The number of hydrogen-bond donors (Lipinski definition) is 10. The quantitative estimate of drug-likeness (QED) is 0.0646. The largest absolute Gasteiger partial charge is 0.493 e. The number of fused-ring (bicyclic) bond motifs is 16. The van der Waals surface area contributed by atoms with E-state index >= 15 is 0 Å². The Balaban J connectivity index is 0.000000108. The third kappa shape index (κ3) is 32.9. The van der Waals surface area contributed by atoms with E-state index in [0.717, 1.165) is 124 Å². The third-order valence-corrected chi connectivity index (χ3v) is 30.3. The minimum absolute atomic E-state index is 0.360. The summed E-state index contributed by atoms with van der Waals surface area (Å²) in [5, 5.41) is 22.7. The van der Waals surface area contributed by atoms with Gasteiger partial charge in [0, 0.05) is 124 Å². The Morgan fingerprint density at radius 3 is 1.28 bits per heavy atom. The summed E-state index contributed by atoms with van der Waals surface area (Å²) < 4.78 is 39.7. The number of hydrazine groups is 1. The molecule has 0 saturated carbocycles. The molecular weight excluding hydrogens is 1930 g/mol. The highest BCUT2D eigenvalue weighted by molar-refractivity contribution is 8.00. The van der Waals surface area contributed by atoms with E-state index in [1.54, 1.807) is 11.9 Å². The third-order valence-electron chi connectivity index (χ3n) is 25.3. The first-order valence-corrected chi connectivity index (χ1v) is 56.0. The number of anilines is 7. The van der Waals surface area contributed by atoms with Crippen molar-refractivity contribution in [2.45, 2.75) is 110 Å². The Morgan fingerprint density at radius 1 is 0.257 bits per heavy atom. The summed E-state index contributed by atoms with van der Waals surface area (Å²) in [5.74, 6) is 12.5. The average Bonchev–Trinajstić information content (AvgIpc) is 1.84. The zero-order chi connectivity index (χ0) is 100. The lowest BCUT2D eigenvalue weighted by atomic mass is 9.98. The SMILES string of the molecule is C1=Cc2ccccc2CC1.C1=Cc2ccccc2CN1.c1ccc2c(c1)CCN2.c1ccc2c(c1)CCN2.c1ccc2c(c1)CCO2.c1ccc2c(c1)CCS2.c1ccc2c(c1)CNC2.c1ccc2c(c1)CNN2.c1ccc2c(c1)COC2.c1ccc2c(c1)CSC2.c1ccc2c(c1)CSN2.c1ccc2c(c1)NCCS2.c1ccc2c(c1)NCO2.c1ccc2c(c1)NCS2.c1ccc2c(c1)OCCO2.c1ccc2c(c1)OCO2. The number of ether oxygens (including phenoxy) is 7. The van der Waals surface area contributed by atoms with Crippen LogP contribution in [0.5, 0.6) is 34.5 Å². The molecule has 16 aliphatic rings. The van der Waals surface area contributed by atoms with E-state index in [0.29, 0.717) is 26.7 Å². The van der Waals surface area contributed by atoms with E-state index in [1.165, 1.54) is 193 Å². The maximum Gasteiger partial charge on any atom is 0.231 e. The zero-order valence-electron chi connectivity index (χ0n) is 83.5. The van der Waals surface area contributed by atoms with Crippen molar-refractivity contribution in [1.82, 2.24) is 16.1 Å². The van der Waals surface area contributed by atoms with Crippen molar-refractivity contribution in [3.63, 3.8) is 0 Å². The lowest BCUT2D eigenvalue weighted by molar-refractivity contribution is 0.134. The van der Waals surface area contributed by atoms with Crippen molar-refractivity contribution in [3.05, 3.63) is 490 Å². The molecule has 0 bridgehead atoms. The maximum absolute atomic E-state index is 5.30. The monoisotopic (exact) mass is 2050 g/mol. The van der Waals surface area contributed by atoms with E-state index in [2.05, 4.69) is 344 Å². The summed E-state index contributed by atoms with van der Waals surface area (Å²) in [4.78, 5) is 4.24. The molecule has 16 aromatic rings. The first kappa shape index (κ1) is 105. The number of aryl methyl sites for hydroxylation is 2. The smallest absolute Gasteiger partial charge is 0.231 e. The van der Waals surface area contributed by atoms with E-state index in [-0.39, 0.29) is 0 Å². The van der Waals surface area contributed by atoms with Gasteiger partial charge in [0.2, 0.25) is 6.79 Å². The molecular formula is C126H130N10O7S5. The van der Waals surface area contributed by atoms with Crippen LogP contribution in [0.2, 0.25) is 0 Å². The van der Waals surface area contributed by atoms with E-state index in [9.17, 15) is 0 Å². The summed E-state index contributed by atoms with van der Waals surface area (Å²) in [6, 6.07) is 133. The van der Waals surface area contributed by atoms with Crippen LogP contribution in [0.1, 0.15) is 95.4 Å². The molecule has 0 spiro atoms. The molecule has 0 amide bonds. The molecule has 0 unspecified atom stereocenters. The molecule has 17 nitrogen and oxygen atoms in total. The molecule has 0 saturated heterocycles. The van der Waals surface area contributed by atoms with Crippen LogP contribution in [0.15, 0.2) is 415 Å². The molecule has 15 heterocycles. The van der Waals surface area contributed by atoms with Gasteiger partial charge in [0.25, 0.3) is 0 Å². The first-order chi connectivity index (χ1) is 73.5. The fourth-order valence-corrected chi connectivity index (χ4v) is 22.2. The molecule has 10 N–H and O–H groups in total. The molecule has 15 aliphatic heterocycles. The average molecular weight is 2060 g/mol. The van der Waals surface area contributed by atoms with Crippen LogP contribution >= 0.6 is 59.0 Å². The highest BCUT2D eigenvalue weighted by Crippen LogP contribution is 2.38. The van der Waals surface area contributed by atoms with Crippen LogP contribution in [0, 0.1) is 0 Å². The summed E-state index contributed by atoms with van der Waals surface area (Å²) in [7, 11) is 0. The van der Waals surface area contributed by atoms with Crippen LogP contribution < -0.4 is 81.2 Å². The molecule has 32 rings (SSSR count). The minimum Gasteiger partial charge on any atom is -0.493 e. The fourth-order valence-electron chi connectivity index (χ4n) is 17.5. The van der Waals surface area contributed by atoms with Crippen LogP contribution in [-0.2, 0) is 93.5 Å². The highest BCUT2D eigenvalue weighted by Gasteiger charge is 2.18. The maximum atomic E-state index is 5.30. The van der Waals surface area contributed by atoms with Gasteiger partial charge < -0.3 is 80.5 Å². The van der Waals surface area contributed by atoms with Crippen molar-refractivity contribution < 1.29 is 33.2 Å². The normalized spacial score (nSPS) is 14.8. The Kier molecular flexibility index (Phi) is 41.9. The van der Waals surface area contributed by atoms with Gasteiger partial charge in [-0.1, -0.05) is 303 Å². The van der Waals surface area contributed by atoms with Crippen molar-refractivity contribution in [1.29, 1.82) is 0 Å². The van der Waals surface area contributed by atoms with Gasteiger partial charge in [-0.25, -0.2) is 5.43 Å². The van der Waals surface area contributed by atoms with Crippen molar-refractivity contribution in [2.75, 3.05) is 107 Å². The van der Waals surface area contributed by atoms with Crippen LogP contribution in [0.3, 0.4) is 0 Å². The summed E-state index contributed by atoms with van der Waals surface area (Å²) in [5.41, 5.74) is 37.7. The molecule has 0 atom stereocenters. The van der Waals surface area contributed by atoms with Gasteiger partial charge in [-0.2, -0.15) is 11.8 Å². The van der Waals surface area contributed by atoms with E-state index in [1.807, 2.05) is 169 Å². The van der Waals surface area contributed by atoms with E-state index in [4.69, 9.17) is 33.2 Å². The van der Waals surface area contributed by atoms with Crippen LogP contribution in [0.4, 0.5) is 39.8 Å². The number of rotatable bonds is 0. The van der Waals surface area contributed by atoms with Gasteiger partial charge >= 0.3 is 0 Å². The molecule has 148 heavy (non-hydrogen) atoms. The Labute approximate surface area is 894 Å². The molecule has 1 aliphatic carbocycles. The fraction of sp³-hybridized carbons (Fsp3) is 0.206. The summed E-state index contributed by atoms with van der Waals surface area (Å²) >= 11 is 9.51. The lowest BCUT2D eigenvalue weighted by Crippen LogP contribution is -2.14. The number of benzene rings is 16. The van der Waals surface area contributed by atoms with Gasteiger partial charge in [-0.3, -0.25) is 0 Å². The number of hydrogen-bond acceptors (Lipinski definition) is 22.